The highest BCUT2D eigenvalue weighted by Crippen LogP contribution is 2.45. The third-order valence-corrected chi connectivity index (χ3v) is 7.91. The number of nitrogens with one attached hydrogen (secondary N) is 1. The van der Waals surface area contributed by atoms with Crippen molar-refractivity contribution in [1.82, 2.24) is 39.1 Å². The molecule has 1 aromatic carbocycles. The number of hydrogen-bond donors (Lipinski definition) is 1. The third-order valence-electron chi connectivity index (χ3n) is 7.91. The van der Waals surface area contributed by atoms with Crippen LogP contribution in [0.2, 0.25) is 0 Å². The minimum atomic E-state index is -0.996. The van der Waals surface area contributed by atoms with Gasteiger partial charge in [-0.05, 0) is 50.1 Å². The van der Waals surface area contributed by atoms with Crippen LogP contribution in [0.5, 0.6) is 0 Å². The Hall–Kier alpha value is -5.86. The number of benzene rings is 1. The molecule has 1 aliphatic carbocycles. The molecule has 0 atom stereocenters. The molecule has 15 heteroatoms. The maximum absolute atomic E-state index is 16.0. The summed E-state index contributed by atoms with van der Waals surface area (Å²) in [6.07, 6.45) is 8.38. The molecule has 5 heterocycles. The fraction of sp³-hybridized carbons (Fsp3) is 0.194. The largest absolute Gasteiger partial charge is 0.319 e. The molecule has 1 fully saturated rings. The summed E-state index contributed by atoms with van der Waals surface area (Å²) in [5, 5.41) is 15.1. The van der Waals surface area contributed by atoms with Crippen LogP contribution in [0.25, 0.3) is 11.3 Å². The van der Waals surface area contributed by atoms with Crippen molar-refractivity contribution in [3.05, 3.63) is 118 Å². The van der Waals surface area contributed by atoms with Crippen molar-refractivity contribution in [3.8, 4) is 5.82 Å². The Labute approximate surface area is 258 Å². The average molecular weight is 627 g/mol. The van der Waals surface area contributed by atoms with E-state index in [1.807, 2.05) is 32.3 Å². The Bertz CT molecular complexity index is 2170. The fourth-order valence-corrected chi connectivity index (χ4v) is 5.64. The normalized spacial score (nSPS) is 15.9. The van der Waals surface area contributed by atoms with E-state index >= 15 is 8.78 Å². The minimum Gasteiger partial charge on any atom is -0.319 e. The first-order valence-corrected chi connectivity index (χ1v) is 14.3. The molecule has 46 heavy (non-hydrogen) atoms. The highest BCUT2D eigenvalue weighted by molar-refractivity contribution is 6.04. The summed E-state index contributed by atoms with van der Waals surface area (Å²) in [5.74, 6) is -2.87. The number of nitrogens with zero attached hydrogens (tertiary/aromatic N) is 9. The van der Waals surface area contributed by atoms with Crippen LogP contribution in [-0.2, 0) is 7.05 Å². The van der Waals surface area contributed by atoms with Gasteiger partial charge in [-0.1, -0.05) is 0 Å². The summed E-state index contributed by atoms with van der Waals surface area (Å²) >= 11 is 0. The van der Waals surface area contributed by atoms with E-state index in [1.54, 1.807) is 26.5 Å². The van der Waals surface area contributed by atoms with Crippen LogP contribution < -0.4 is 15.8 Å². The Kier molecular flexibility index (Phi) is 7.06. The lowest BCUT2D eigenvalue weighted by atomic mass is 9.77. The van der Waals surface area contributed by atoms with Crippen molar-refractivity contribution < 1.29 is 18.0 Å². The molecule has 1 amide bonds. The highest BCUT2D eigenvalue weighted by Gasteiger charge is 2.39. The van der Waals surface area contributed by atoms with E-state index in [1.165, 1.54) is 12.3 Å². The van der Waals surface area contributed by atoms with E-state index in [-0.39, 0.29) is 23.5 Å². The van der Waals surface area contributed by atoms with Crippen LogP contribution in [0.3, 0.4) is 0 Å². The molecule has 5 aromatic heterocycles. The maximum atomic E-state index is 16.0. The van der Waals surface area contributed by atoms with Gasteiger partial charge in [-0.2, -0.15) is 20.0 Å². The van der Waals surface area contributed by atoms with Gasteiger partial charge in [0.1, 0.15) is 28.5 Å². The number of fused-ring (bicyclic) bond motifs is 1. The van der Waals surface area contributed by atoms with Crippen molar-refractivity contribution in [1.29, 1.82) is 0 Å². The maximum Gasteiger partial charge on any atom is 0.285 e. The van der Waals surface area contributed by atoms with Crippen LogP contribution >= 0.6 is 0 Å². The van der Waals surface area contributed by atoms with Gasteiger partial charge in [0, 0.05) is 55.9 Å². The molecule has 1 aliphatic rings. The van der Waals surface area contributed by atoms with E-state index in [2.05, 4.69) is 30.6 Å². The van der Waals surface area contributed by atoms with E-state index < -0.39 is 40.2 Å². The number of halogens is 3. The van der Waals surface area contributed by atoms with Gasteiger partial charge in [0.2, 0.25) is 0 Å². The molecule has 1 saturated carbocycles. The van der Waals surface area contributed by atoms with Crippen molar-refractivity contribution in [3.63, 3.8) is 0 Å². The van der Waals surface area contributed by atoms with Crippen LogP contribution in [0, 0.1) is 24.4 Å². The predicted octanol–water partition coefficient (Wildman–Crippen LogP) is 4.47. The molecule has 0 aliphatic heterocycles. The Morgan fingerprint density at radius 1 is 0.978 bits per heavy atom. The Morgan fingerprint density at radius 2 is 1.80 bits per heavy atom. The monoisotopic (exact) mass is 626 g/mol. The smallest absolute Gasteiger partial charge is 0.285 e. The first-order valence-electron chi connectivity index (χ1n) is 14.3. The second-order valence-corrected chi connectivity index (χ2v) is 11.0. The van der Waals surface area contributed by atoms with Gasteiger partial charge in [-0.15, -0.1) is 0 Å². The quantitative estimate of drug-likeness (QED) is 0.275. The van der Waals surface area contributed by atoms with Crippen LogP contribution in [0.4, 0.5) is 30.4 Å². The van der Waals surface area contributed by atoms with Crippen molar-refractivity contribution >= 4 is 28.6 Å². The summed E-state index contributed by atoms with van der Waals surface area (Å²) in [6.45, 7) is 1.83. The number of amides is 1. The van der Waals surface area contributed by atoms with E-state index in [0.29, 0.717) is 24.2 Å². The van der Waals surface area contributed by atoms with Crippen molar-refractivity contribution in [2.24, 2.45) is 7.05 Å². The summed E-state index contributed by atoms with van der Waals surface area (Å²) in [4.78, 5) is 36.1. The number of rotatable bonds is 7. The summed E-state index contributed by atoms with van der Waals surface area (Å²) < 4.78 is 49.2. The zero-order valence-electron chi connectivity index (χ0n) is 24.5. The van der Waals surface area contributed by atoms with E-state index in [0.717, 1.165) is 46.5 Å². The molecule has 6 aromatic rings. The lowest BCUT2D eigenvalue weighted by Crippen LogP contribution is -2.42. The average Bonchev–Trinajstić information content (AvgIpc) is 3.61. The van der Waals surface area contributed by atoms with Crippen LogP contribution in [-0.4, -0.2) is 51.1 Å². The van der Waals surface area contributed by atoms with Gasteiger partial charge in [0.05, 0.1) is 29.0 Å². The van der Waals surface area contributed by atoms with Gasteiger partial charge in [0.25, 0.3) is 11.5 Å². The van der Waals surface area contributed by atoms with Gasteiger partial charge in [-0.25, -0.2) is 27.7 Å². The third kappa shape index (κ3) is 5.14. The van der Waals surface area contributed by atoms with Gasteiger partial charge >= 0.3 is 0 Å². The lowest BCUT2D eigenvalue weighted by molar-refractivity contribution is 0.102. The number of carbonyl (C=O) groups excluding carboxylic acids is 1. The molecule has 1 N–H and O–H groups in total. The molecular formula is C31H25F3N10O2. The van der Waals surface area contributed by atoms with Crippen LogP contribution in [0.15, 0.2) is 78.2 Å². The Morgan fingerprint density at radius 3 is 2.54 bits per heavy atom. The SMILES string of the molecule is Cc1cc2c(N(c3cc(F)c(NC(=O)c4ccnn(-c5ccc(F)cn5)c4=O)cc3F)C3CC(c4ccn(C)n4)C3)nccn2n1. The molecular weight excluding hydrogens is 601 g/mol. The summed E-state index contributed by atoms with van der Waals surface area (Å²) in [5.41, 5.74) is 0.417. The molecule has 0 bridgehead atoms. The fourth-order valence-electron chi connectivity index (χ4n) is 5.64. The molecule has 12 nitrogen and oxygen atoms in total. The number of aryl methyl sites for hydroxylation is 2. The zero-order chi connectivity index (χ0) is 32.1. The number of carbonyl (C=O) groups is 1. The lowest BCUT2D eigenvalue weighted by Gasteiger charge is -2.43. The van der Waals surface area contributed by atoms with E-state index in [9.17, 15) is 14.0 Å². The van der Waals surface area contributed by atoms with Gasteiger partial charge < -0.3 is 10.2 Å². The first-order chi connectivity index (χ1) is 22.2. The molecule has 0 unspecified atom stereocenters. The van der Waals surface area contributed by atoms with Gasteiger partial charge in [0.15, 0.2) is 11.6 Å². The molecule has 7 rings (SSSR count). The zero-order valence-corrected chi connectivity index (χ0v) is 24.5. The summed E-state index contributed by atoms with van der Waals surface area (Å²) in [7, 11) is 1.84. The minimum absolute atomic E-state index is 0.0268. The Balaban J connectivity index is 1.22. The standard InChI is InChI=1S/C31H25F3N10O2/c1-17-11-27-29(35-8-10-42(27)39-17)43(20-12-18(13-20)24-6-9-41(2)40-24)26-15-22(33)25(14-23(26)34)38-30(45)21-5-7-37-44(31(21)46)28-4-3-19(32)16-36-28/h3-11,14-16,18,20H,12-13H2,1-2H3,(H,38,45). The van der Waals surface area contributed by atoms with Gasteiger partial charge in [-0.3, -0.25) is 14.3 Å². The van der Waals surface area contributed by atoms with E-state index in [4.69, 9.17) is 0 Å². The second-order valence-electron chi connectivity index (χ2n) is 11.0. The summed E-state index contributed by atoms with van der Waals surface area (Å²) in [6, 6.07) is 8.81. The number of aromatic nitrogens is 8. The second kappa shape index (κ2) is 11.3. The number of pyridine rings is 1. The number of hydrogen-bond acceptors (Lipinski definition) is 8. The molecule has 0 saturated heterocycles. The molecule has 0 spiro atoms. The molecule has 232 valence electrons. The predicted molar refractivity (Wildman–Crippen MR) is 161 cm³/mol. The number of anilines is 3. The van der Waals surface area contributed by atoms with Crippen LogP contribution in [0.1, 0.15) is 40.5 Å². The topological polar surface area (TPSA) is 128 Å². The molecule has 0 radical (unpaired) electrons. The highest BCUT2D eigenvalue weighted by atomic mass is 19.1. The first kappa shape index (κ1) is 28.9. The van der Waals surface area contributed by atoms with Crippen molar-refractivity contribution in [2.75, 3.05) is 10.2 Å². The van der Waals surface area contributed by atoms with Crippen molar-refractivity contribution in [2.45, 2.75) is 31.7 Å².